The zero-order valence-corrected chi connectivity index (χ0v) is 42.4. The molecule has 0 aliphatic carbocycles. The largest absolute Gasteiger partial charge is 0.179 e. The van der Waals surface area contributed by atoms with Gasteiger partial charge in [-0.3, -0.25) is 0 Å². The zero-order chi connectivity index (χ0) is 49.7. The third-order valence-electron chi connectivity index (χ3n) is 15.8. The first kappa shape index (κ1) is 44.3. The van der Waals surface area contributed by atoms with Crippen LogP contribution >= 0.6 is 0 Å². The van der Waals surface area contributed by atoms with Gasteiger partial charge in [0.2, 0.25) is 0 Å². The number of rotatable bonds is 9. The molecule has 0 atom stereocenters. The molecule has 0 heterocycles. The summed E-state index contributed by atoms with van der Waals surface area (Å²) < 4.78 is 0. The fourth-order valence-corrected chi connectivity index (χ4v) is 17.3. The van der Waals surface area contributed by atoms with Crippen molar-refractivity contribution >= 4 is 82.7 Å². The molecule has 1 heteroatoms. The van der Waals surface area contributed by atoms with Crippen LogP contribution in [0.5, 0.6) is 0 Å². The standard InChI is InChI=1S/C74H50Si/c1-5-22-52(23-6-1)71-63-32-13-19-38-69(63)74(70-39-20-14-33-64(70)71)58-47-46-55-48-54(44-45-56(55)49-58)51-40-42-53(43-41-51)72-65-34-15-17-36-67(65)73(68-37-18-16-35-66(68)72)57-24-21-31-62(50-57)75(59-25-7-2-8-26-59,60-27-9-3-10-28-60)61-29-11-4-12-30-61/h1-50H. The highest BCUT2D eigenvalue weighted by atomic mass is 28.3. The molecule has 0 aromatic heterocycles. The summed E-state index contributed by atoms with van der Waals surface area (Å²) in [6.45, 7) is 0. The zero-order valence-electron chi connectivity index (χ0n) is 41.4. The van der Waals surface area contributed by atoms with Gasteiger partial charge in [-0.15, -0.1) is 0 Å². The van der Waals surface area contributed by atoms with Crippen molar-refractivity contribution < 1.29 is 0 Å². The van der Waals surface area contributed by atoms with Crippen LogP contribution in [0.15, 0.2) is 303 Å². The highest BCUT2D eigenvalue weighted by molar-refractivity contribution is 7.20. The average Bonchev–Trinajstić information content (AvgIpc) is 3.49. The van der Waals surface area contributed by atoms with Gasteiger partial charge in [-0.05, 0) is 142 Å². The first-order valence-corrected chi connectivity index (χ1v) is 28.1. The van der Waals surface area contributed by atoms with Gasteiger partial charge in [0.05, 0.1) is 0 Å². The van der Waals surface area contributed by atoms with Crippen LogP contribution in [0.3, 0.4) is 0 Å². The fraction of sp³-hybridized carbons (Fsp3) is 0. The maximum atomic E-state index is 2.51. The highest BCUT2D eigenvalue weighted by Crippen LogP contribution is 2.46. The lowest BCUT2D eigenvalue weighted by Crippen LogP contribution is -2.74. The van der Waals surface area contributed by atoms with Gasteiger partial charge >= 0.3 is 0 Å². The lowest BCUT2D eigenvalue weighted by molar-refractivity contribution is 1.62. The Morgan fingerprint density at radius 1 is 0.160 bits per heavy atom. The topological polar surface area (TPSA) is 0 Å². The Kier molecular flexibility index (Phi) is 11.0. The molecule has 0 bridgehead atoms. The Bertz CT molecular complexity index is 4220. The van der Waals surface area contributed by atoms with Gasteiger partial charge in [0, 0.05) is 0 Å². The Hall–Kier alpha value is -9.40. The average molecular weight is 967 g/mol. The highest BCUT2D eigenvalue weighted by Gasteiger charge is 2.41. The van der Waals surface area contributed by atoms with Crippen molar-refractivity contribution in [3.05, 3.63) is 303 Å². The van der Waals surface area contributed by atoms with Crippen molar-refractivity contribution in [2.45, 2.75) is 0 Å². The van der Waals surface area contributed by atoms with Crippen LogP contribution in [0, 0.1) is 0 Å². The number of benzene rings is 14. The van der Waals surface area contributed by atoms with E-state index in [4.69, 9.17) is 0 Å². The molecule has 0 N–H and O–H groups in total. The predicted molar refractivity (Wildman–Crippen MR) is 325 cm³/mol. The van der Waals surface area contributed by atoms with E-state index in [2.05, 4.69) is 303 Å². The van der Waals surface area contributed by atoms with Crippen LogP contribution in [-0.4, -0.2) is 8.07 Å². The summed E-state index contributed by atoms with van der Waals surface area (Å²) in [5.74, 6) is 0. The van der Waals surface area contributed by atoms with Crippen molar-refractivity contribution in [2.24, 2.45) is 0 Å². The van der Waals surface area contributed by atoms with Crippen LogP contribution in [0.2, 0.25) is 0 Å². The molecule has 14 aromatic carbocycles. The monoisotopic (exact) mass is 966 g/mol. The van der Waals surface area contributed by atoms with E-state index in [-0.39, 0.29) is 0 Å². The third kappa shape index (κ3) is 7.43. The van der Waals surface area contributed by atoms with E-state index in [1.165, 1.54) is 130 Å². The predicted octanol–water partition coefficient (Wildman–Crippen LogP) is 17.2. The summed E-state index contributed by atoms with van der Waals surface area (Å²) in [4.78, 5) is 0. The molecular weight excluding hydrogens is 917 g/mol. The van der Waals surface area contributed by atoms with Crippen LogP contribution in [-0.2, 0) is 0 Å². The van der Waals surface area contributed by atoms with Gasteiger partial charge in [-0.2, -0.15) is 0 Å². The van der Waals surface area contributed by atoms with E-state index in [1.807, 2.05) is 0 Å². The van der Waals surface area contributed by atoms with Crippen molar-refractivity contribution in [1.29, 1.82) is 0 Å². The Morgan fingerprint density at radius 3 is 0.840 bits per heavy atom. The Morgan fingerprint density at radius 2 is 0.427 bits per heavy atom. The molecule has 350 valence electrons. The van der Waals surface area contributed by atoms with Gasteiger partial charge in [0.15, 0.2) is 8.07 Å². The number of hydrogen-bond acceptors (Lipinski definition) is 0. The van der Waals surface area contributed by atoms with E-state index in [0.717, 1.165) is 0 Å². The van der Waals surface area contributed by atoms with E-state index in [0.29, 0.717) is 0 Å². The summed E-state index contributed by atoms with van der Waals surface area (Å²) >= 11 is 0. The Balaban J connectivity index is 0.857. The van der Waals surface area contributed by atoms with E-state index < -0.39 is 8.07 Å². The van der Waals surface area contributed by atoms with Crippen molar-refractivity contribution in [1.82, 2.24) is 0 Å². The number of fused-ring (bicyclic) bond motifs is 5. The second-order valence-electron chi connectivity index (χ2n) is 19.8. The SMILES string of the molecule is c1ccc(-c2c3ccccc3c(-c3ccc4cc(-c5ccc(-c6c7ccccc7c(-c7cccc([Si](c8ccccc8)(c8ccccc8)c8ccccc8)c7)c7ccccc67)cc5)ccc4c3)c3ccccc23)cc1. The molecule has 0 aliphatic heterocycles. The molecule has 0 saturated carbocycles. The molecule has 0 amide bonds. The maximum Gasteiger partial charge on any atom is 0.179 e. The van der Waals surface area contributed by atoms with Crippen LogP contribution in [0.25, 0.3) is 109 Å². The second-order valence-corrected chi connectivity index (χ2v) is 23.6. The van der Waals surface area contributed by atoms with Crippen LogP contribution < -0.4 is 20.7 Å². The summed E-state index contributed by atoms with van der Waals surface area (Å²) in [6.07, 6.45) is 0. The van der Waals surface area contributed by atoms with Crippen molar-refractivity contribution in [3.8, 4) is 55.6 Å². The lowest BCUT2D eigenvalue weighted by atomic mass is 9.85. The first-order chi connectivity index (χ1) is 37.2. The molecule has 0 nitrogen and oxygen atoms in total. The minimum atomic E-state index is -2.76. The summed E-state index contributed by atoms with van der Waals surface area (Å²) in [7, 11) is -2.76. The van der Waals surface area contributed by atoms with Gasteiger partial charge in [-0.1, -0.05) is 291 Å². The molecule has 0 spiro atoms. The van der Waals surface area contributed by atoms with E-state index in [9.17, 15) is 0 Å². The van der Waals surface area contributed by atoms with E-state index >= 15 is 0 Å². The van der Waals surface area contributed by atoms with Crippen molar-refractivity contribution in [2.75, 3.05) is 0 Å². The molecule has 75 heavy (non-hydrogen) atoms. The normalized spacial score (nSPS) is 11.7. The fourth-order valence-electron chi connectivity index (χ4n) is 12.5. The Labute approximate surface area is 439 Å². The van der Waals surface area contributed by atoms with Crippen LogP contribution in [0.1, 0.15) is 0 Å². The quantitative estimate of drug-likeness (QED) is 0.0768. The van der Waals surface area contributed by atoms with Gasteiger partial charge in [0.25, 0.3) is 0 Å². The van der Waals surface area contributed by atoms with Crippen molar-refractivity contribution in [3.63, 3.8) is 0 Å². The minimum absolute atomic E-state index is 1.20. The van der Waals surface area contributed by atoms with Gasteiger partial charge in [0.1, 0.15) is 0 Å². The van der Waals surface area contributed by atoms with E-state index in [1.54, 1.807) is 0 Å². The van der Waals surface area contributed by atoms with Gasteiger partial charge in [-0.25, -0.2) is 0 Å². The maximum absolute atomic E-state index is 2.76. The molecule has 14 aromatic rings. The molecule has 0 radical (unpaired) electrons. The second kappa shape index (κ2) is 18.6. The van der Waals surface area contributed by atoms with Crippen LogP contribution in [0.4, 0.5) is 0 Å². The van der Waals surface area contributed by atoms with Gasteiger partial charge < -0.3 is 0 Å². The molecular formula is C74H50Si. The molecule has 0 unspecified atom stereocenters. The summed E-state index contributed by atoms with van der Waals surface area (Å²) in [6, 6.07) is 113. The minimum Gasteiger partial charge on any atom is -0.0623 e. The number of hydrogen-bond donors (Lipinski definition) is 0. The smallest absolute Gasteiger partial charge is 0.0623 e. The third-order valence-corrected chi connectivity index (χ3v) is 20.5. The molecule has 0 saturated heterocycles. The summed E-state index contributed by atoms with van der Waals surface area (Å²) in [5, 5.41) is 18.0. The molecule has 0 aliphatic rings. The lowest BCUT2D eigenvalue weighted by Gasteiger charge is -2.34. The first-order valence-electron chi connectivity index (χ1n) is 26.1. The molecule has 14 rings (SSSR count). The summed E-state index contributed by atoms with van der Waals surface area (Å²) in [5.41, 5.74) is 12.4. The molecule has 0 fully saturated rings.